The maximum Gasteiger partial charge on any atom is 0.255 e. The Morgan fingerprint density at radius 2 is 2.04 bits per heavy atom. The summed E-state index contributed by atoms with van der Waals surface area (Å²) in [6, 6.07) is 10.8. The second-order valence-corrected chi connectivity index (χ2v) is 7.41. The van der Waals surface area contributed by atoms with Gasteiger partial charge in [0.2, 0.25) is 0 Å². The first-order valence-corrected chi connectivity index (χ1v) is 9.26. The number of hydrogen-bond acceptors (Lipinski definition) is 3. The van der Waals surface area contributed by atoms with Crippen molar-refractivity contribution in [1.82, 2.24) is 20.1 Å². The number of fused-ring (bicyclic) bond motifs is 1. The Morgan fingerprint density at radius 1 is 1.27 bits per heavy atom. The number of nitrogens with zero attached hydrogens (tertiary/aromatic N) is 3. The average molecular weight is 348 g/mol. The number of pyridine rings is 1. The van der Waals surface area contributed by atoms with Crippen molar-refractivity contribution in [2.45, 2.75) is 45.6 Å². The summed E-state index contributed by atoms with van der Waals surface area (Å²) >= 11 is 0. The molecule has 1 aliphatic heterocycles. The molecule has 2 aromatic heterocycles. The van der Waals surface area contributed by atoms with Crippen LogP contribution in [-0.2, 0) is 0 Å². The molecule has 4 rings (SSSR count). The minimum Gasteiger partial charge on any atom is -0.332 e. The van der Waals surface area contributed by atoms with Gasteiger partial charge in [0.15, 0.2) is 5.65 Å². The normalized spacial score (nSPS) is 17.4. The van der Waals surface area contributed by atoms with Gasteiger partial charge in [0.25, 0.3) is 5.91 Å². The van der Waals surface area contributed by atoms with Crippen LogP contribution < -0.4 is 0 Å². The third kappa shape index (κ3) is 2.87. The van der Waals surface area contributed by atoms with Gasteiger partial charge in [0.05, 0.1) is 17.3 Å². The van der Waals surface area contributed by atoms with Crippen LogP contribution in [0.5, 0.6) is 0 Å². The van der Waals surface area contributed by atoms with Gasteiger partial charge in [0, 0.05) is 18.1 Å². The Labute approximate surface area is 153 Å². The van der Waals surface area contributed by atoms with E-state index in [1.54, 1.807) is 6.20 Å². The largest absolute Gasteiger partial charge is 0.332 e. The van der Waals surface area contributed by atoms with Crippen molar-refractivity contribution >= 4 is 16.9 Å². The number of carbonyl (C=O) groups excluding carboxylic acids is 1. The zero-order valence-corrected chi connectivity index (χ0v) is 15.5. The van der Waals surface area contributed by atoms with Crippen molar-refractivity contribution in [2.24, 2.45) is 0 Å². The van der Waals surface area contributed by atoms with Crippen molar-refractivity contribution < 1.29 is 4.79 Å². The summed E-state index contributed by atoms with van der Waals surface area (Å²) in [5.74, 6) is 0.566. The molecule has 1 fully saturated rings. The quantitative estimate of drug-likeness (QED) is 0.764. The van der Waals surface area contributed by atoms with Crippen molar-refractivity contribution in [3.8, 4) is 0 Å². The van der Waals surface area contributed by atoms with E-state index < -0.39 is 0 Å². The van der Waals surface area contributed by atoms with Gasteiger partial charge < -0.3 is 4.90 Å². The number of carbonyl (C=O) groups is 1. The first-order chi connectivity index (χ1) is 12.5. The van der Waals surface area contributed by atoms with Crippen molar-refractivity contribution in [3.05, 3.63) is 58.9 Å². The summed E-state index contributed by atoms with van der Waals surface area (Å²) in [7, 11) is 0. The Kier molecular flexibility index (Phi) is 4.23. The number of aromatic nitrogens is 3. The molecule has 134 valence electrons. The highest BCUT2D eigenvalue weighted by atomic mass is 16.2. The SMILES string of the molecule is Cc1n[nH]c2ncc(C(=O)N3CCC[C@@H]3c3ccc(C(C)C)cc3)cc12. The Bertz CT molecular complexity index is 942. The molecule has 1 atom stereocenters. The van der Waals surface area contributed by atoms with Gasteiger partial charge in [-0.3, -0.25) is 9.89 Å². The first-order valence-electron chi connectivity index (χ1n) is 9.26. The number of hydrogen-bond donors (Lipinski definition) is 1. The second kappa shape index (κ2) is 6.56. The standard InChI is InChI=1S/C21H24N4O/c1-13(2)15-6-8-16(9-7-15)19-5-4-10-25(19)21(26)17-11-18-14(3)23-24-20(18)22-12-17/h6-9,11-13,19H,4-5,10H2,1-3H3,(H,22,23,24)/t19-/m1/s1. The Balaban J connectivity index is 1.62. The molecule has 5 heteroatoms. The Morgan fingerprint density at radius 3 is 2.77 bits per heavy atom. The summed E-state index contributed by atoms with van der Waals surface area (Å²) in [4.78, 5) is 19.5. The highest BCUT2D eigenvalue weighted by molar-refractivity contribution is 5.97. The summed E-state index contributed by atoms with van der Waals surface area (Å²) in [5, 5.41) is 7.96. The van der Waals surface area contributed by atoms with Crippen LogP contribution in [0.4, 0.5) is 0 Å². The molecule has 3 aromatic rings. The van der Waals surface area contributed by atoms with Crippen molar-refractivity contribution in [1.29, 1.82) is 0 Å². The molecule has 0 radical (unpaired) electrons. The zero-order valence-electron chi connectivity index (χ0n) is 15.5. The van der Waals surface area contributed by atoms with Gasteiger partial charge in [0.1, 0.15) is 0 Å². The molecule has 1 N–H and O–H groups in total. The topological polar surface area (TPSA) is 61.9 Å². The van der Waals surface area contributed by atoms with Gasteiger partial charge in [-0.15, -0.1) is 0 Å². The second-order valence-electron chi connectivity index (χ2n) is 7.41. The van der Waals surface area contributed by atoms with Crippen LogP contribution in [-0.4, -0.2) is 32.5 Å². The van der Waals surface area contributed by atoms with Gasteiger partial charge in [-0.2, -0.15) is 5.10 Å². The van der Waals surface area contributed by atoms with Crippen LogP contribution in [0.2, 0.25) is 0 Å². The highest BCUT2D eigenvalue weighted by Gasteiger charge is 2.31. The minimum atomic E-state index is 0.0513. The van der Waals surface area contributed by atoms with E-state index in [1.165, 1.54) is 11.1 Å². The molecule has 0 aliphatic carbocycles. The van der Waals surface area contributed by atoms with Crippen molar-refractivity contribution in [3.63, 3.8) is 0 Å². The lowest BCUT2D eigenvalue weighted by Gasteiger charge is -2.25. The summed E-state index contributed by atoms with van der Waals surface area (Å²) in [5.41, 5.74) is 4.77. The predicted molar refractivity (Wildman–Crippen MR) is 102 cm³/mol. The molecule has 1 aliphatic rings. The van der Waals surface area contributed by atoms with Crippen LogP contribution in [0.1, 0.15) is 65.8 Å². The van der Waals surface area contributed by atoms with E-state index >= 15 is 0 Å². The molecule has 0 spiro atoms. The van der Waals surface area contributed by atoms with Gasteiger partial charge in [-0.25, -0.2) is 4.98 Å². The Hall–Kier alpha value is -2.69. The monoisotopic (exact) mass is 348 g/mol. The van der Waals surface area contributed by atoms with Crippen LogP contribution in [0.15, 0.2) is 36.5 Å². The number of rotatable bonds is 3. The first kappa shape index (κ1) is 16.8. The van der Waals surface area contributed by atoms with Crippen LogP contribution in [0.3, 0.4) is 0 Å². The molecular weight excluding hydrogens is 324 g/mol. The molecule has 0 bridgehead atoms. The van der Waals surface area contributed by atoms with Gasteiger partial charge in [-0.05, 0) is 42.9 Å². The summed E-state index contributed by atoms with van der Waals surface area (Å²) in [6.07, 6.45) is 3.69. The fourth-order valence-electron chi connectivity index (χ4n) is 3.77. The fourth-order valence-corrected chi connectivity index (χ4v) is 3.77. The van der Waals surface area contributed by atoms with E-state index in [1.807, 2.05) is 17.9 Å². The molecule has 5 nitrogen and oxygen atoms in total. The maximum atomic E-state index is 13.1. The van der Waals surface area contributed by atoms with E-state index in [0.717, 1.165) is 36.1 Å². The number of benzene rings is 1. The molecule has 1 saturated heterocycles. The van der Waals surface area contributed by atoms with E-state index in [2.05, 4.69) is 53.3 Å². The molecule has 1 amide bonds. The lowest BCUT2D eigenvalue weighted by Crippen LogP contribution is -2.30. The number of H-pyrrole nitrogens is 1. The third-order valence-electron chi connectivity index (χ3n) is 5.36. The number of nitrogens with one attached hydrogen (secondary N) is 1. The molecule has 3 heterocycles. The summed E-state index contributed by atoms with van der Waals surface area (Å²) in [6.45, 7) is 7.10. The molecule has 1 aromatic carbocycles. The number of aryl methyl sites for hydroxylation is 1. The molecule has 26 heavy (non-hydrogen) atoms. The van der Waals surface area contributed by atoms with E-state index in [9.17, 15) is 4.79 Å². The van der Waals surface area contributed by atoms with Gasteiger partial charge in [-0.1, -0.05) is 38.1 Å². The number of likely N-dealkylation sites (tertiary alicyclic amines) is 1. The molecular formula is C21H24N4O. The lowest BCUT2D eigenvalue weighted by molar-refractivity contribution is 0.0735. The van der Waals surface area contributed by atoms with E-state index in [-0.39, 0.29) is 11.9 Å². The highest BCUT2D eigenvalue weighted by Crippen LogP contribution is 2.34. The number of aromatic amines is 1. The third-order valence-corrected chi connectivity index (χ3v) is 5.36. The van der Waals surface area contributed by atoms with Crippen LogP contribution in [0, 0.1) is 6.92 Å². The van der Waals surface area contributed by atoms with Crippen LogP contribution in [0.25, 0.3) is 11.0 Å². The maximum absolute atomic E-state index is 13.1. The zero-order chi connectivity index (χ0) is 18.3. The smallest absolute Gasteiger partial charge is 0.255 e. The minimum absolute atomic E-state index is 0.0513. The van der Waals surface area contributed by atoms with E-state index in [4.69, 9.17) is 0 Å². The van der Waals surface area contributed by atoms with Crippen molar-refractivity contribution in [2.75, 3.05) is 6.54 Å². The van der Waals surface area contributed by atoms with Gasteiger partial charge >= 0.3 is 0 Å². The molecule has 0 unspecified atom stereocenters. The predicted octanol–water partition coefficient (Wildman–Crippen LogP) is 4.37. The number of amides is 1. The molecule has 0 saturated carbocycles. The lowest BCUT2D eigenvalue weighted by atomic mass is 9.98. The fraction of sp³-hybridized carbons (Fsp3) is 0.381. The average Bonchev–Trinajstić information content (AvgIpc) is 3.28. The van der Waals surface area contributed by atoms with Crippen LogP contribution >= 0.6 is 0 Å². The summed E-state index contributed by atoms with van der Waals surface area (Å²) < 4.78 is 0. The van der Waals surface area contributed by atoms with E-state index in [0.29, 0.717) is 11.5 Å².